The number of nitrogens with zero attached hydrogens (tertiary/aromatic N) is 1. The van der Waals surface area contributed by atoms with Crippen molar-refractivity contribution in [2.24, 2.45) is 0 Å². The number of rotatable bonds is 1. The van der Waals surface area contributed by atoms with Gasteiger partial charge in [0.2, 0.25) is 0 Å². The molecule has 1 aromatic rings. The van der Waals surface area contributed by atoms with Gasteiger partial charge in [0, 0.05) is 13.1 Å². The second kappa shape index (κ2) is 4.59. The summed E-state index contributed by atoms with van der Waals surface area (Å²) in [7, 11) is 0. The Morgan fingerprint density at radius 2 is 2.06 bits per heavy atom. The molecule has 0 saturated carbocycles. The van der Waals surface area contributed by atoms with Gasteiger partial charge in [0.25, 0.3) is 5.91 Å². The van der Waals surface area contributed by atoms with Gasteiger partial charge in [-0.25, -0.2) is 0 Å². The molecule has 0 radical (unpaired) electrons. The van der Waals surface area contributed by atoms with Crippen LogP contribution in [-0.4, -0.2) is 36.1 Å². The summed E-state index contributed by atoms with van der Waals surface area (Å²) >= 11 is 3.22. The Morgan fingerprint density at radius 1 is 1.44 bits per heavy atom. The Labute approximate surface area is 103 Å². The van der Waals surface area contributed by atoms with E-state index in [2.05, 4.69) is 15.9 Å². The van der Waals surface area contributed by atoms with Crippen LogP contribution in [0.25, 0.3) is 0 Å². The average molecular weight is 288 g/mol. The Kier molecular flexibility index (Phi) is 3.35. The topological polar surface area (TPSA) is 42.7 Å². The Bertz CT molecular complexity index is 380. The van der Waals surface area contributed by atoms with Gasteiger partial charge in [0.15, 0.2) is 4.67 Å². The minimum atomic E-state index is -0.0115. The van der Waals surface area contributed by atoms with Crippen LogP contribution in [0.5, 0.6) is 0 Å². The number of carbonyl (C=O) groups excluding carboxylic acids is 1. The Balaban J connectivity index is 2.13. The molecule has 1 saturated heterocycles. The fourth-order valence-electron chi connectivity index (χ4n) is 1.96. The highest BCUT2D eigenvalue weighted by atomic mass is 79.9. The van der Waals surface area contributed by atoms with Crippen LogP contribution in [0, 0.1) is 0 Å². The first-order chi connectivity index (χ1) is 7.58. The van der Waals surface area contributed by atoms with E-state index in [0.717, 1.165) is 0 Å². The molecule has 2 atom stereocenters. The SMILES string of the molecule is CC1CN(C(=O)c2ccoc2Br)CC(C)O1. The Morgan fingerprint density at radius 3 is 2.56 bits per heavy atom. The van der Waals surface area contributed by atoms with Crippen LogP contribution in [0.15, 0.2) is 21.4 Å². The van der Waals surface area contributed by atoms with Crippen LogP contribution in [0.2, 0.25) is 0 Å². The van der Waals surface area contributed by atoms with E-state index in [4.69, 9.17) is 9.15 Å². The number of furan rings is 1. The predicted octanol–water partition coefficient (Wildman–Crippen LogP) is 2.29. The van der Waals surface area contributed by atoms with Crippen molar-refractivity contribution in [1.82, 2.24) is 4.90 Å². The van der Waals surface area contributed by atoms with Gasteiger partial charge in [-0.05, 0) is 35.8 Å². The van der Waals surface area contributed by atoms with Crippen LogP contribution < -0.4 is 0 Å². The summed E-state index contributed by atoms with van der Waals surface area (Å²) in [4.78, 5) is 14.0. The van der Waals surface area contributed by atoms with E-state index in [9.17, 15) is 4.79 Å². The van der Waals surface area contributed by atoms with Crippen molar-refractivity contribution in [3.05, 3.63) is 22.6 Å². The molecule has 0 N–H and O–H groups in total. The number of morpholine rings is 1. The molecule has 0 aliphatic carbocycles. The van der Waals surface area contributed by atoms with Crippen molar-refractivity contribution in [3.63, 3.8) is 0 Å². The molecule has 0 bridgehead atoms. The van der Waals surface area contributed by atoms with Crippen LogP contribution >= 0.6 is 15.9 Å². The van der Waals surface area contributed by atoms with Gasteiger partial charge in [-0.15, -0.1) is 0 Å². The summed E-state index contributed by atoms with van der Waals surface area (Å²) in [5.74, 6) is -0.0115. The molecule has 2 rings (SSSR count). The van der Waals surface area contributed by atoms with Gasteiger partial charge in [0.05, 0.1) is 24.0 Å². The van der Waals surface area contributed by atoms with E-state index in [-0.39, 0.29) is 18.1 Å². The zero-order valence-electron chi connectivity index (χ0n) is 9.27. The van der Waals surface area contributed by atoms with Crippen molar-refractivity contribution in [2.45, 2.75) is 26.1 Å². The number of hydrogen-bond donors (Lipinski definition) is 0. The summed E-state index contributed by atoms with van der Waals surface area (Å²) in [6, 6.07) is 1.68. The maximum absolute atomic E-state index is 12.2. The summed E-state index contributed by atoms with van der Waals surface area (Å²) in [6.45, 7) is 5.20. The lowest BCUT2D eigenvalue weighted by Gasteiger charge is -2.35. The van der Waals surface area contributed by atoms with E-state index in [1.165, 1.54) is 6.26 Å². The molecule has 0 spiro atoms. The van der Waals surface area contributed by atoms with Crippen LogP contribution in [0.1, 0.15) is 24.2 Å². The summed E-state index contributed by atoms with van der Waals surface area (Å²) < 4.78 is 11.1. The first-order valence-corrected chi connectivity index (χ1v) is 6.05. The van der Waals surface area contributed by atoms with Gasteiger partial charge in [-0.2, -0.15) is 0 Å². The predicted molar refractivity (Wildman–Crippen MR) is 62.3 cm³/mol. The molecule has 1 aliphatic rings. The molecule has 0 aromatic carbocycles. The zero-order valence-corrected chi connectivity index (χ0v) is 10.9. The maximum Gasteiger partial charge on any atom is 0.258 e. The molecule has 1 fully saturated rings. The van der Waals surface area contributed by atoms with Gasteiger partial charge in [-0.1, -0.05) is 0 Å². The lowest BCUT2D eigenvalue weighted by atomic mass is 10.2. The normalized spacial score (nSPS) is 25.8. The lowest BCUT2D eigenvalue weighted by Crippen LogP contribution is -2.48. The minimum absolute atomic E-state index is 0.0115. The molecule has 2 unspecified atom stereocenters. The van der Waals surface area contributed by atoms with E-state index in [1.807, 2.05) is 13.8 Å². The largest absolute Gasteiger partial charge is 0.457 e. The second-order valence-electron chi connectivity index (χ2n) is 4.08. The summed E-state index contributed by atoms with van der Waals surface area (Å²) in [5, 5.41) is 0. The highest BCUT2D eigenvalue weighted by molar-refractivity contribution is 9.10. The van der Waals surface area contributed by atoms with Crippen LogP contribution in [0.3, 0.4) is 0 Å². The summed E-state index contributed by atoms with van der Waals surface area (Å²) in [6.07, 6.45) is 1.67. The smallest absolute Gasteiger partial charge is 0.258 e. The average Bonchev–Trinajstić information content (AvgIpc) is 2.62. The minimum Gasteiger partial charge on any atom is -0.457 e. The molecule has 88 valence electrons. The molecule has 2 heterocycles. The van der Waals surface area contributed by atoms with E-state index in [1.54, 1.807) is 11.0 Å². The number of amides is 1. The molecule has 1 amide bonds. The standard InChI is InChI=1S/C11H14BrNO3/c1-7-5-13(6-8(2)16-7)11(14)9-3-4-15-10(9)12/h3-4,7-8H,5-6H2,1-2H3. The van der Waals surface area contributed by atoms with E-state index < -0.39 is 0 Å². The van der Waals surface area contributed by atoms with Gasteiger partial charge in [-0.3, -0.25) is 4.79 Å². The van der Waals surface area contributed by atoms with Crippen molar-refractivity contribution in [2.75, 3.05) is 13.1 Å². The van der Waals surface area contributed by atoms with Crippen molar-refractivity contribution in [3.8, 4) is 0 Å². The first-order valence-electron chi connectivity index (χ1n) is 5.25. The maximum atomic E-state index is 12.2. The number of hydrogen-bond acceptors (Lipinski definition) is 3. The lowest BCUT2D eigenvalue weighted by molar-refractivity contribution is -0.0586. The van der Waals surface area contributed by atoms with Crippen LogP contribution in [0.4, 0.5) is 0 Å². The van der Waals surface area contributed by atoms with E-state index in [0.29, 0.717) is 23.3 Å². The molecule has 16 heavy (non-hydrogen) atoms. The molecule has 1 aromatic heterocycles. The van der Waals surface area contributed by atoms with Crippen molar-refractivity contribution < 1.29 is 13.9 Å². The van der Waals surface area contributed by atoms with Gasteiger partial charge in [0.1, 0.15) is 0 Å². The molecule has 4 nitrogen and oxygen atoms in total. The molecular formula is C11H14BrNO3. The molecule has 1 aliphatic heterocycles. The molecule has 5 heteroatoms. The highest BCUT2D eigenvalue weighted by Gasteiger charge is 2.28. The van der Waals surface area contributed by atoms with Gasteiger partial charge >= 0.3 is 0 Å². The Hall–Kier alpha value is -0.810. The molecular weight excluding hydrogens is 274 g/mol. The summed E-state index contributed by atoms with van der Waals surface area (Å²) in [5.41, 5.74) is 0.571. The number of halogens is 1. The highest BCUT2D eigenvalue weighted by Crippen LogP contribution is 2.21. The van der Waals surface area contributed by atoms with Crippen LogP contribution in [-0.2, 0) is 4.74 Å². The fraction of sp³-hybridized carbons (Fsp3) is 0.545. The monoisotopic (exact) mass is 287 g/mol. The number of ether oxygens (including phenoxy) is 1. The van der Waals surface area contributed by atoms with Crippen molar-refractivity contribution in [1.29, 1.82) is 0 Å². The number of carbonyl (C=O) groups is 1. The zero-order chi connectivity index (χ0) is 11.7. The third kappa shape index (κ3) is 2.30. The quantitative estimate of drug-likeness (QED) is 0.796. The fourth-order valence-corrected chi connectivity index (χ4v) is 2.37. The van der Waals surface area contributed by atoms with Crippen molar-refractivity contribution >= 4 is 21.8 Å². The first kappa shape index (κ1) is 11.7. The second-order valence-corrected chi connectivity index (χ2v) is 4.80. The van der Waals surface area contributed by atoms with Gasteiger partial charge < -0.3 is 14.1 Å². The third-order valence-electron chi connectivity index (χ3n) is 2.56. The van der Waals surface area contributed by atoms with E-state index >= 15 is 0 Å². The third-order valence-corrected chi connectivity index (χ3v) is 3.17.